The molecule has 0 saturated carbocycles. The van der Waals surface area contributed by atoms with Crippen LogP contribution in [0.1, 0.15) is 5.56 Å². The van der Waals surface area contributed by atoms with E-state index in [4.69, 9.17) is 11.6 Å². The quantitative estimate of drug-likeness (QED) is 0.706. The lowest BCUT2D eigenvalue weighted by Gasteiger charge is -1.93. The van der Waals surface area contributed by atoms with Gasteiger partial charge in [0, 0.05) is 17.4 Å². The maximum absolute atomic E-state index is 5.77. The summed E-state index contributed by atoms with van der Waals surface area (Å²) in [7, 11) is 0. The number of hydrogen-bond donors (Lipinski definition) is 0. The molecule has 0 aliphatic rings. The van der Waals surface area contributed by atoms with Crippen molar-refractivity contribution in [2.45, 2.75) is 0 Å². The van der Waals surface area contributed by atoms with Crippen LogP contribution < -0.4 is 0 Å². The minimum atomic E-state index is 0.730. The van der Waals surface area contributed by atoms with Crippen molar-refractivity contribution >= 4 is 23.5 Å². The molecule has 0 spiro atoms. The number of aromatic nitrogens is 1. The number of nitrogens with zero attached hydrogens (tertiary/aromatic N) is 2. The smallest absolute Gasteiger partial charge is 0.0813 e. The van der Waals surface area contributed by atoms with Crippen molar-refractivity contribution in [3.63, 3.8) is 0 Å². The molecule has 0 unspecified atom stereocenters. The van der Waals surface area contributed by atoms with E-state index < -0.39 is 0 Å². The third kappa shape index (κ3) is 2.89. The molecular weight excluding hydrogens is 208 g/mol. The van der Waals surface area contributed by atoms with Gasteiger partial charge in [-0.05, 0) is 29.8 Å². The summed E-state index contributed by atoms with van der Waals surface area (Å²) >= 11 is 5.77. The van der Waals surface area contributed by atoms with Crippen molar-refractivity contribution in [2.24, 2.45) is 4.99 Å². The number of aliphatic imine (C=N–C) groups is 1. The van der Waals surface area contributed by atoms with Gasteiger partial charge in [0.1, 0.15) is 0 Å². The number of rotatable bonds is 2. The fourth-order valence-corrected chi connectivity index (χ4v) is 1.25. The molecule has 0 aliphatic heterocycles. The third-order valence-corrected chi connectivity index (χ3v) is 2.13. The SMILES string of the molecule is Clc1ccc(C=Nc2cccnc2)cc1. The molecule has 3 heteroatoms. The summed E-state index contributed by atoms with van der Waals surface area (Å²) in [5.74, 6) is 0. The van der Waals surface area contributed by atoms with Crippen LogP contribution in [0.2, 0.25) is 5.02 Å². The highest BCUT2D eigenvalue weighted by Crippen LogP contribution is 2.10. The molecule has 0 N–H and O–H groups in total. The zero-order chi connectivity index (χ0) is 10.5. The van der Waals surface area contributed by atoms with Crippen LogP contribution in [0.4, 0.5) is 5.69 Å². The first kappa shape index (κ1) is 9.87. The van der Waals surface area contributed by atoms with Crippen LogP contribution in [0, 0.1) is 0 Å². The maximum atomic E-state index is 5.77. The Labute approximate surface area is 93.3 Å². The fourth-order valence-electron chi connectivity index (χ4n) is 1.13. The molecule has 74 valence electrons. The van der Waals surface area contributed by atoms with Gasteiger partial charge in [-0.1, -0.05) is 23.7 Å². The molecule has 0 amide bonds. The topological polar surface area (TPSA) is 25.2 Å². The summed E-state index contributed by atoms with van der Waals surface area (Å²) in [6, 6.07) is 11.3. The Bertz CT molecular complexity index is 449. The second-order valence-electron chi connectivity index (χ2n) is 3.02. The van der Waals surface area contributed by atoms with Crippen LogP contribution in [0.5, 0.6) is 0 Å². The first-order valence-corrected chi connectivity index (χ1v) is 4.92. The molecule has 0 atom stereocenters. The Morgan fingerprint density at radius 2 is 1.93 bits per heavy atom. The average Bonchev–Trinajstić information content (AvgIpc) is 2.30. The van der Waals surface area contributed by atoms with Crippen molar-refractivity contribution < 1.29 is 0 Å². The third-order valence-electron chi connectivity index (χ3n) is 1.88. The van der Waals surface area contributed by atoms with Crippen molar-refractivity contribution in [3.8, 4) is 0 Å². The average molecular weight is 217 g/mol. The van der Waals surface area contributed by atoms with Gasteiger partial charge in [-0.15, -0.1) is 0 Å². The van der Waals surface area contributed by atoms with Gasteiger partial charge >= 0.3 is 0 Å². The van der Waals surface area contributed by atoms with Gasteiger partial charge in [0.05, 0.1) is 11.9 Å². The summed E-state index contributed by atoms with van der Waals surface area (Å²) in [4.78, 5) is 8.25. The summed E-state index contributed by atoms with van der Waals surface area (Å²) in [6.07, 6.45) is 5.22. The van der Waals surface area contributed by atoms with Gasteiger partial charge < -0.3 is 0 Å². The monoisotopic (exact) mass is 216 g/mol. The second kappa shape index (κ2) is 4.71. The van der Waals surface area contributed by atoms with E-state index in [0.717, 1.165) is 16.3 Å². The van der Waals surface area contributed by atoms with Crippen molar-refractivity contribution in [3.05, 3.63) is 59.4 Å². The van der Waals surface area contributed by atoms with Crippen molar-refractivity contribution in [1.29, 1.82) is 0 Å². The molecule has 2 nitrogen and oxygen atoms in total. The molecular formula is C12H9ClN2. The summed E-state index contributed by atoms with van der Waals surface area (Å²) < 4.78 is 0. The molecule has 0 saturated heterocycles. The molecule has 1 aromatic carbocycles. The van der Waals surface area contributed by atoms with Crippen LogP contribution in [0.3, 0.4) is 0 Å². The van der Waals surface area contributed by atoms with Gasteiger partial charge in [0.15, 0.2) is 0 Å². The Morgan fingerprint density at radius 1 is 1.13 bits per heavy atom. The molecule has 0 aliphatic carbocycles. The van der Waals surface area contributed by atoms with E-state index in [1.807, 2.05) is 36.4 Å². The predicted molar refractivity (Wildman–Crippen MR) is 62.9 cm³/mol. The largest absolute Gasteiger partial charge is 0.262 e. The van der Waals surface area contributed by atoms with E-state index >= 15 is 0 Å². The van der Waals surface area contributed by atoms with Gasteiger partial charge in [-0.25, -0.2) is 0 Å². The zero-order valence-electron chi connectivity index (χ0n) is 7.97. The van der Waals surface area contributed by atoms with E-state index in [2.05, 4.69) is 9.98 Å². The Morgan fingerprint density at radius 3 is 2.60 bits per heavy atom. The molecule has 0 fully saturated rings. The van der Waals surface area contributed by atoms with Crippen LogP contribution in [0.25, 0.3) is 0 Å². The number of hydrogen-bond acceptors (Lipinski definition) is 2. The summed E-state index contributed by atoms with van der Waals surface area (Å²) in [5, 5.41) is 0.730. The van der Waals surface area contributed by atoms with Crippen LogP contribution >= 0.6 is 11.6 Å². The molecule has 1 aromatic heterocycles. The first-order chi connectivity index (χ1) is 7.34. The van der Waals surface area contributed by atoms with Crippen molar-refractivity contribution in [1.82, 2.24) is 4.98 Å². The minimum absolute atomic E-state index is 0.730. The number of halogens is 1. The van der Waals surface area contributed by atoms with E-state index in [1.165, 1.54) is 0 Å². The minimum Gasteiger partial charge on any atom is -0.262 e. The number of benzene rings is 1. The Hall–Kier alpha value is -1.67. The van der Waals surface area contributed by atoms with Crippen molar-refractivity contribution in [2.75, 3.05) is 0 Å². The zero-order valence-corrected chi connectivity index (χ0v) is 8.72. The molecule has 0 bridgehead atoms. The maximum Gasteiger partial charge on any atom is 0.0813 e. The molecule has 1 heterocycles. The lowest BCUT2D eigenvalue weighted by atomic mass is 10.2. The lowest BCUT2D eigenvalue weighted by Crippen LogP contribution is -1.79. The van der Waals surface area contributed by atoms with Crippen LogP contribution in [-0.2, 0) is 0 Å². The van der Waals surface area contributed by atoms with E-state index in [0.29, 0.717) is 0 Å². The standard InChI is InChI=1S/C12H9ClN2/c13-11-5-3-10(4-6-11)8-15-12-2-1-7-14-9-12/h1-9H. The summed E-state index contributed by atoms with van der Waals surface area (Å²) in [6.45, 7) is 0. The molecule has 15 heavy (non-hydrogen) atoms. The van der Waals surface area contributed by atoms with E-state index in [9.17, 15) is 0 Å². The van der Waals surface area contributed by atoms with Gasteiger partial charge in [0.2, 0.25) is 0 Å². The second-order valence-corrected chi connectivity index (χ2v) is 3.46. The fraction of sp³-hybridized carbons (Fsp3) is 0. The molecule has 2 aromatic rings. The Balaban J connectivity index is 2.15. The Kier molecular flexibility index (Phi) is 3.10. The highest BCUT2D eigenvalue weighted by molar-refractivity contribution is 6.30. The summed E-state index contributed by atoms with van der Waals surface area (Å²) in [5.41, 5.74) is 1.86. The van der Waals surface area contributed by atoms with Gasteiger partial charge in [0.25, 0.3) is 0 Å². The van der Waals surface area contributed by atoms with Gasteiger partial charge in [-0.2, -0.15) is 0 Å². The van der Waals surface area contributed by atoms with Gasteiger partial charge in [-0.3, -0.25) is 9.98 Å². The highest BCUT2D eigenvalue weighted by Gasteiger charge is 1.89. The normalized spacial score (nSPS) is 10.7. The van der Waals surface area contributed by atoms with E-state index in [1.54, 1.807) is 18.6 Å². The number of pyridine rings is 1. The van der Waals surface area contributed by atoms with Crippen LogP contribution in [-0.4, -0.2) is 11.2 Å². The first-order valence-electron chi connectivity index (χ1n) is 4.54. The highest BCUT2D eigenvalue weighted by atomic mass is 35.5. The predicted octanol–water partition coefficient (Wildman–Crippen LogP) is 3.49. The molecule has 2 rings (SSSR count). The van der Waals surface area contributed by atoms with E-state index in [-0.39, 0.29) is 0 Å². The molecule has 0 radical (unpaired) electrons. The van der Waals surface area contributed by atoms with Crippen LogP contribution in [0.15, 0.2) is 53.8 Å². The lowest BCUT2D eigenvalue weighted by molar-refractivity contribution is 1.31.